The third-order valence-corrected chi connectivity index (χ3v) is 2.56. The second-order valence-electron chi connectivity index (χ2n) is 3.91. The molecule has 2 rings (SSSR count). The van der Waals surface area contributed by atoms with Crippen molar-refractivity contribution in [1.29, 1.82) is 0 Å². The molecule has 2 heterocycles. The number of rotatable bonds is 3. The zero-order chi connectivity index (χ0) is 11.7. The van der Waals surface area contributed by atoms with Crippen molar-refractivity contribution in [2.45, 2.75) is 6.10 Å². The van der Waals surface area contributed by atoms with Gasteiger partial charge in [-0.3, -0.25) is 4.40 Å². The standard InChI is InChI=1S/C11H16N4O/c1-14(2)11-5-3-4-10-13-7-8(15(10)11)9(16)6-12/h3-5,7,9,16H,6,12H2,1-2H3. The lowest BCUT2D eigenvalue weighted by atomic mass is 10.2. The number of imidazole rings is 1. The minimum atomic E-state index is -0.684. The molecule has 5 heteroatoms. The number of anilines is 1. The van der Waals surface area contributed by atoms with Crippen molar-refractivity contribution in [1.82, 2.24) is 9.38 Å². The molecule has 0 amide bonds. The van der Waals surface area contributed by atoms with E-state index in [1.54, 1.807) is 6.20 Å². The maximum Gasteiger partial charge on any atom is 0.138 e. The lowest BCUT2D eigenvalue weighted by molar-refractivity contribution is 0.181. The highest BCUT2D eigenvalue weighted by molar-refractivity contribution is 5.52. The molecule has 86 valence electrons. The number of fused-ring (bicyclic) bond motifs is 1. The van der Waals surface area contributed by atoms with E-state index in [9.17, 15) is 5.11 Å². The molecule has 0 aromatic carbocycles. The molecule has 3 N–H and O–H groups in total. The number of aliphatic hydroxyl groups excluding tert-OH is 1. The normalized spacial score (nSPS) is 13.0. The molecule has 0 bridgehead atoms. The summed E-state index contributed by atoms with van der Waals surface area (Å²) in [7, 11) is 3.90. The molecule has 0 aliphatic rings. The van der Waals surface area contributed by atoms with Gasteiger partial charge in [0.05, 0.1) is 11.9 Å². The molecule has 2 aromatic heterocycles. The molecule has 5 nitrogen and oxygen atoms in total. The minimum absolute atomic E-state index is 0.190. The molecule has 2 aromatic rings. The summed E-state index contributed by atoms with van der Waals surface area (Å²) >= 11 is 0. The van der Waals surface area contributed by atoms with Gasteiger partial charge in [-0.05, 0) is 12.1 Å². The van der Waals surface area contributed by atoms with E-state index in [1.807, 2.05) is 41.6 Å². The second-order valence-corrected chi connectivity index (χ2v) is 3.91. The molecule has 0 aliphatic heterocycles. The average Bonchev–Trinajstić information content (AvgIpc) is 2.71. The highest BCUT2D eigenvalue weighted by Crippen LogP contribution is 2.21. The van der Waals surface area contributed by atoms with Gasteiger partial charge in [-0.25, -0.2) is 4.98 Å². The van der Waals surface area contributed by atoms with Crippen LogP contribution in [0.2, 0.25) is 0 Å². The van der Waals surface area contributed by atoms with Crippen molar-refractivity contribution in [3.8, 4) is 0 Å². The van der Waals surface area contributed by atoms with Crippen molar-refractivity contribution in [2.24, 2.45) is 5.73 Å². The molecule has 0 fully saturated rings. The Hall–Kier alpha value is -1.59. The average molecular weight is 220 g/mol. The maximum absolute atomic E-state index is 9.82. The highest BCUT2D eigenvalue weighted by Gasteiger charge is 2.14. The van der Waals surface area contributed by atoms with Gasteiger partial charge in [0.2, 0.25) is 0 Å². The Kier molecular flexibility index (Phi) is 2.80. The summed E-state index contributed by atoms with van der Waals surface area (Å²) in [5.41, 5.74) is 7.01. The first-order valence-electron chi connectivity index (χ1n) is 5.17. The Balaban J connectivity index is 2.67. The Morgan fingerprint density at radius 1 is 1.50 bits per heavy atom. The Morgan fingerprint density at radius 3 is 2.88 bits per heavy atom. The quantitative estimate of drug-likeness (QED) is 0.785. The molecular formula is C11H16N4O. The van der Waals surface area contributed by atoms with Gasteiger partial charge in [-0.1, -0.05) is 6.07 Å². The first-order valence-corrected chi connectivity index (χ1v) is 5.17. The summed E-state index contributed by atoms with van der Waals surface area (Å²) in [6.07, 6.45) is 0.982. The number of aromatic nitrogens is 2. The fraction of sp³-hybridized carbons (Fsp3) is 0.364. The molecule has 0 saturated heterocycles. The predicted molar refractivity (Wildman–Crippen MR) is 63.5 cm³/mol. The fourth-order valence-electron chi connectivity index (χ4n) is 1.75. The number of hydrogen-bond acceptors (Lipinski definition) is 4. The van der Waals surface area contributed by atoms with E-state index in [1.165, 1.54) is 0 Å². The van der Waals surface area contributed by atoms with Crippen molar-refractivity contribution in [3.63, 3.8) is 0 Å². The van der Waals surface area contributed by atoms with Gasteiger partial charge in [0.15, 0.2) is 0 Å². The van der Waals surface area contributed by atoms with Gasteiger partial charge < -0.3 is 15.7 Å². The predicted octanol–water partition coefficient (Wildman–Crippen LogP) is 0.392. The molecule has 1 unspecified atom stereocenters. The number of nitrogens with zero attached hydrogens (tertiary/aromatic N) is 3. The van der Waals surface area contributed by atoms with E-state index in [-0.39, 0.29) is 6.54 Å². The monoisotopic (exact) mass is 220 g/mol. The Bertz CT molecular complexity index is 492. The van der Waals surface area contributed by atoms with Gasteiger partial charge >= 0.3 is 0 Å². The van der Waals surface area contributed by atoms with E-state index in [0.29, 0.717) is 0 Å². The van der Waals surface area contributed by atoms with Gasteiger partial charge in [0.1, 0.15) is 17.6 Å². The van der Waals surface area contributed by atoms with Crippen molar-refractivity contribution in [2.75, 3.05) is 25.5 Å². The summed E-state index contributed by atoms with van der Waals surface area (Å²) in [6, 6.07) is 5.82. The van der Waals surface area contributed by atoms with Gasteiger partial charge in [-0.15, -0.1) is 0 Å². The third-order valence-electron chi connectivity index (χ3n) is 2.56. The van der Waals surface area contributed by atoms with Crippen LogP contribution in [-0.2, 0) is 0 Å². The lowest BCUT2D eigenvalue weighted by Gasteiger charge is -2.17. The molecule has 0 spiro atoms. The van der Waals surface area contributed by atoms with E-state index >= 15 is 0 Å². The van der Waals surface area contributed by atoms with Crippen LogP contribution in [0.5, 0.6) is 0 Å². The van der Waals surface area contributed by atoms with Crippen LogP contribution in [0.15, 0.2) is 24.4 Å². The van der Waals surface area contributed by atoms with Crippen LogP contribution in [0.3, 0.4) is 0 Å². The van der Waals surface area contributed by atoms with Crippen molar-refractivity contribution < 1.29 is 5.11 Å². The third kappa shape index (κ3) is 1.64. The highest BCUT2D eigenvalue weighted by atomic mass is 16.3. The molecular weight excluding hydrogens is 204 g/mol. The number of nitrogens with two attached hydrogens (primary N) is 1. The first-order chi connectivity index (χ1) is 7.65. The maximum atomic E-state index is 9.82. The van der Waals surface area contributed by atoms with Gasteiger partial charge in [0.25, 0.3) is 0 Å². The summed E-state index contributed by atoms with van der Waals surface area (Å²) in [5.74, 6) is 0.970. The lowest BCUT2D eigenvalue weighted by Crippen LogP contribution is -2.17. The number of pyridine rings is 1. The largest absolute Gasteiger partial charge is 0.385 e. The smallest absolute Gasteiger partial charge is 0.138 e. The Morgan fingerprint density at radius 2 is 2.25 bits per heavy atom. The van der Waals surface area contributed by atoms with Crippen LogP contribution in [0.4, 0.5) is 5.82 Å². The molecule has 0 saturated carbocycles. The van der Waals surface area contributed by atoms with Gasteiger partial charge in [0, 0.05) is 20.6 Å². The van der Waals surface area contributed by atoms with Crippen molar-refractivity contribution in [3.05, 3.63) is 30.1 Å². The van der Waals surface area contributed by atoms with Gasteiger partial charge in [-0.2, -0.15) is 0 Å². The molecule has 0 aliphatic carbocycles. The SMILES string of the molecule is CN(C)c1cccc2ncc(C(O)CN)n12. The molecule has 1 atom stereocenters. The van der Waals surface area contributed by atoms with Crippen LogP contribution in [0, 0.1) is 0 Å². The van der Waals surface area contributed by atoms with Crippen LogP contribution in [0.25, 0.3) is 5.65 Å². The summed E-state index contributed by atoms with van der Waals surface area (Å²) < 4.78 is 1.91. The molecule has 16 heavy (non-hydrogen) atoms. The molecule has 0 radical (unpaired) electrons. The van der Waals surface area contributed by atoms with E-state index in [0.717, 1.165) is 17.2 Å². The van der Waals surface area contributed by atoms with E-state index in [4.69, 9.17) is 5.73 Å². The van der Waals surface area contributed by atoms with Crippen molar-refractivity contribution >= 4 is 11.5 Å². The van der Waals surface area contributed by atoms with Crippen LogP contribution < -0.4 is 10.6 Å². The second kappa shape index (κ2) is 4.11. The zero-order valence-electron chi connectivity index (χ0n) is 9.46. The van der Waals surface area contributed by atoms with E-state index < -0.39 is 6.10 Å². The summed E-state index contributed by atoms with van der Waals surface area (Å²) in [5, 5.41) is 9.82. The fourth-order valence-corrected chi connectivity index (χ4v) is 1.75. The number of hydrogen-bond donors (Lipinski definition) is 2. The van der Waals surface area contributed by atoms with Crippen LogP contribution >= 0.6 is 0 Å². The Labute approximate surface area is 94.1 Å². The zero-order valence-corrected chi connectivity index (χ0v) is 9.46. The summed E-state index contributed by atoms with van der Waals surface area (Å²) in [4.78, 5) is 6.23. The first kappa shape index (κ1) is 10.9. The number of aliphatic hydroxyl groups is 1. The van der Waals surface area contributed by atoms with E-state index in [2.05, 4.69) is 4.98 Å². The summed E-state index contributed by atoms with van der Waals surface area (Å²) in [6.45, 7) is 0.190. The van der Waals surface area contributed by atoms with Crippen LogP contribution in [0.1, 0.15) is 11.8 Å². The minimum Gasteiger partial charge on any atom is -0.385 e. The van der Waals surface area contributed by atoms with Crippen LogP contribution in [-0.4, -0.2) is 35.1 Å². The topological polar surface area (TPSA) is 66.8 Å².